The molecule has 2 heterocycles. The summed E-state index contributed by atoms with van der Waals surface area (Å²) in [5.41, 5.74) is 2.51. The predicted molar refractivity (Wildman–Crippen MR) is 91.1 cm³/mol. The number of hydrogen-bond acceptors (Lipinski definition) is 3. The number of ether oxygens (including phenoxy) is 2. The van der Waals surface area contributed by atoms with Crippen molar-refractivity contribution < 1.29 is 9.47 Å². The van der Waals surface area contributed by atoms with Gasteiger partial charge in [-0.1, -0.05) is 30.3 Å². The Bertz CT molecular complexity index is 622. The lowest BCUT2D eigenvalue weighted by molar-refractivity contribution is 0.234. The van der Waals surface area contributed by atoms with Gasteiger partial charge >= 0.3 is 0 Å². The molecule has 2 aromatic carbocycles. The Morgan fingerprint density at radius 1 is 1.00 bits per heavy atom. The van der Waals surface area contributed by atoms with E-state index in [2.05, 4.69) is 41.3 Å². The summed E-state index contributed by atoms with van der Waals surface area (Å²) in [6, 6.07) is 16.7. The average Bonchev–Trinajstić information content (AvgIpc) is 3.24. The molecule has 1 unspecified atom stereocenters. The Morgan fingerprint density at radius 2 is 1.78 bits per heavy atom. The molecule has 0 aromatic heterocycles. The Morgan fingerprint density at radius 3 is 2.57 bits per heavy atom. The molecule has 120 valence electrons. The molecule has 2 aliphatic heterocycles. The van der Waals surface area contributed by atoms with Gasteiger partial charge in [0.25, 0.3) is 0 Å². The first-order valence-corrected chi connectivity index (χ1v) is 8.58. The fourth-order valence-corrected chi connectivity index (χ4v) is 3.45. The number of hydrogen-bond donors (Lipinski definition) is 0. The van der Waals surface area contributed by atoms with Gasteiger partial charge < -0.3 is 9.47 Å². The molecule has 23 heavy (non-hydrogen) atoms. The summed E-state index contributed by atoms with van der Waals surface area (Å²) in [5.74, 6) is 1.96. The normalized spacial score (nSPS) is 20.3. The van der Waals surface area contributed by atoms with Gasteiger partial charge in [-0.15, -0.1) is 0 Å². The zero-order valence-electron chi connectivity index (χ0n) is 13.4. The van der Waals surface area contributed by atoms with E-state index in [1.54, 1.807) is 0 Å². The average molecular weight is 309 g/mol. The number of fused-ring (bicyclic) bond motifs is 1. The minimum atomic E-state index is 0.131. The van der Waals surface area contributed by atoms with Crippen molar-refractivity contribution in [3.8, 4) is 11.5 Å². The molecule has 0 radical (unpaired) electrons. The van der Waals surface area contributed by atoms with Crippen molar-refractivity contribution in [2.24, 2.45) is 0 Å². The highest BCUT2D eigenvalue weighted by Gasteiger charge is 2.23. The molecule has 1 fully saturated rings. The second-order valence-corrected chi connectivity index (χ2v) is 6.38. The molecule has 2 aliphatic rings. The second kappa shape index (κ2) is 6.63. The van der Waals surface area contributed by atoms with Crippen LogP contribution in [0.4, 0.5) is 0 Å². The van der Waals surface area contributed by atoms with Gasteiger partial charge in [0.1, 0.15) is 24.2 Å². The van der Waals surface area contributed by atoms with Crippen molar-refractivity contribution in [2.45, 2.75) is 25.4 Å². The number of nitrogens with zero attached hydrogens (tertiary/aromatic N) is 1. The second-order valence-electron chi connectivity index (χ2n) is 6.38. The summed E-state index contributed by atoms with van der Waals surface area (Å²) in [5, 5.41) is 0. The molecule has 0 bridgehead atoms. The van der Waals surface area contributed by atoms with Crippen LogP contribution in [0.5, 0.6) is 11.5 Å². The van der Waals surface area contributed by atoms with Crippen LogP contribution >= 0.6 is 0 Å². The molecule has 3 nitrogen and oxygen atoms in total. The van der Waals surface area contributed by atoms with Crippen LogP contribution in [0.15, 0.2) is 48.5 Å². The third-order valence-electron chi connectivity index (χ3n) is 4.77. The fraction of sp³-hybridized carbons (Fsp3) is 0.400. The van der Waals surface area contributed by atoms with Crippen molar-refractivity contribution >= 4 is 0 Å². The van der Waals surface area contributed by atoms with E-state index >= 15 is 0 Å². The highest BCUT2D eigenvalue weighted by Crippen LogP contribution is 2.36. The maximum absolute atomic E-state index is 6.03. The van der Waals surface area contributed by atoms with E-state index in [9.17, 15) is 0 Å². The van der Waals surface area contributed by atoms with E-state index in [1.807, 2.05) is 12.1 Å². The molecule has 0 spiro atoms. The highest BCUT2D eigenvalue weighted by atomic mass is 16.5. The first-order valence-electron chi connectivity index (χ1n) is 8.58. The highest BCUT2D eigenvalue weighted by molar-refractivity contribution is 5.40. The van der Waals surface area contributed by atoms with Crippen LogP contribution in [0.2, 0.25) is 0 Å². The maximum Gasteiger partial charge on any atom is 0.128 e. The smallest absolute Gasteiger partial charge is 0.128 e. The lowest BCUT2D eigenvalue weighted by atomic mass is 10.0. The molecule has 0 amide bonds. The van der Waals surface area contributed by atoms with Crippen molar-refractivity contribution in [1.82, 2.24) is 4.90 Å². The van der Waals surface area contributed by atoms with E-state index in [0.29, 0.717) is 0 Å². The molecule has 0 saturated carbocycles. The molecule has 0 N–H and O–H groups in total. The standard InChI is InChI=1S/C20H23NO2/c1-2-6-19-17(5-1)15-20(23-19)16-7-9-18(10-8-16)22-14-13-21-11-3-4-12-21/h1-2,5-10,20H,3-4,11-15H2. The molecule has 1 saturated heterocycles. The third-order valence-corrected chi connectivity index (χ3v) is 4.77. The predicted octanol–water partition coefficient (Wildman–Crippen LogP) is 3.84. The summed E-state index contributed by atoms with van der Waals surface area (Å²) >= 11 is 0. The van der Waals surface area contributed by atoms with Gasteiger partial charge in [-0.3, -0.25) is 4.90 Å². The lowest BCUT2D eigenvalue weighted by Crippen LogP contribution is -2.25. The van der Waals surface area contributed by atoms with Crippen molar-refractivity contribution in [1.29, 1.82) is 0 Å². The van der Waals surface area contributed by atoms with Gasteiger partial charge in [0.2, 0.25) is 0 Å². The van der Waals surface area contributed by atoms with E-state index < -0.39 is 0 Å². The summed E-state index contributed by atoms with van der Waals surface area (Å²) < 4.78 is 11.9. The van der Waals surface area contributed by atoms with Crippen LogP contribution in [0.3, 0.4) is 0 Å². The van der Waals surface area contributed by atoms with Crippen molar-refractivity contribution in [2.75, 3.05) is 26.2 Å². The van der Waals surface area contributed by atoms with Crippen LogP contribution in [-0.2, 0) is 6.42 Å². The van der Waals surface area contributed by atoms with Crippen LogP contribution in [-0.4, -0.2) is 31.1 Å². The van der Waals surface area contributed by atoms with Gasteiger partial charge in [-0.2, -0.15) is 0 Å². The Hall–Kier alpha value is -2.00. The van der Waals surface area contributed by atoms with E-state index in [0.717, 1.165) is 31.1 Å². The monoisotopic (exact) mass is 309 g/mol. The number of para-hydroxylation sites is 1. The molecular formula is C20H23NO2. The Kier molecular flexibility index (Phi) is 4.20. The fourth-order valence-electron chi connectivity index (χ4n) is 3.45. The molecule has 1 atom stereocenters. The van der Waals surface area contributed by atoms with Crippen LogP contribution in [0, 0.1) is 0 Å². The van der Waals surface area contributed by atoms with Gasteiger partial charge in [-0.25, -0.2) is 0 Å². The van der Waals surface area contributed by atoms with E-state index in [4.69, 9.17) is 9.47 Å². The van der Waals surface area contributed by atoms with Crippen LogP contribution in [0.1, 0.15) is 30.1 Å². The molecule has 4 rings (SSSR count). The number of rotatable bonds is 5. The van der Waals surface area contributed by atoms with Crippen molar-refractivity contribution in [3.05, 3.63) is 59.7 Å². The molecule has 2 aromatic rings. The van der Waals surface area contributed by atoms with E-state index in [1.165, 1.54) is 37.1 Å². The molecule has 3 heteroatoms. The summed E-state index contributed by atoms with van der Waals surface area (Å²) in [6.45, 7) is 4.25. The van der Waals surface area contributed by atoms with Gasteiger partial charge in [-0.05, 0) is 55.3 Å². The lowest BCUT2D eigenvalue weighted by Gasteiger charge is -2.15. The SMILES string of the molecule is c1ccc2c(c1)CC(c1ccc(OCCN3CCCC3)cc1)O2. The summed E-state index contributed by atoms with van der Waals surface area (Å²) in [6.07, 6.45) is 3.74. The number of benzene rings is 2. The summed E-state index contributed by atoms with van der Waals surface area (Å²) in [4.78, 5) is 2.47. The minimum absolute atomic E-state index is 0.131. The van der Waals surface area contributed by atoms with Crippen LogP contribution < -0.4 is 9.47 Å². The largest absolute Gasteiger partial charge is 0.492 e. The van der Waals surface area contributed by atoms with Gasteiger partial charge in [0.15, 0.2) is 0 Å². The zero-order chi connectivity index (χ0) is 15.5. The van der Waals surface area contributed by atoms with E-state index in [-0.39, 0.29) is 6.10 Å². The first-order chi connectivity index (χ1) is 11.4. The quantitative estimate of drug-likeness (QED) is 0.837. The van der Waals surface area contributed by atoms with Crippen molar-refractivity contribution in [3.63, 3.8) is 0 Å². The summed E-state index contributed by atoms with van der Waals surface area (Å²) in [7, 11) is 0. The first kappa shape index (κ1) is 14.6. The minimum Gasteiger partial charge on any atom is -0.492 e. The van der Waals surface area contributed by atoms with Crippen LogP contribution in [0.25, 0.3) is 0 Å². The maximum atomic E-state index is 6.03. The topological polar surface area (TPSA) is 21.7 Å². The Labute approximate surface area is 137 Å². The number of likely N-dealkylation sites (tertiary alicyclic amines) is 1. The Balaban J connectivity index is 1.32. The van der Waals surface area contributed by atoms with Gasteiger partial charge in [0.05, 0.1) is 0 Å². The zero-order valence-corrected chi connectivity index (χ0v) is 13.4. The van der Waals surface area contributed by atoms with Gasteiger partial charge in [0, 0.05) is 13.0 Å². The molecule has 0 aliphatic carbocycles. The third kappa shape index (κ3) is 3.35. The molecular weight excluding hydrogens is 286 g/mol.